The van der Waals surface area contributed by atoms with Crippen LogP contribution < -0.4 is 0 Å². The van der Waals surface area contributed by atoms with E-state index >= 15 is 0 Å². The second-order valence-corrected chi connectivity index (χ2v) is 6.60. The normalized spacial score (nSPS) is 15.5. The minimum atomic E-state index is -0.841. The highest BCUT2D eigenvalue weighted by Crippen LogP contribution is 2.29. The maximum Gasteiger partial charge on any atom is 0.308 e. The van der Waals surface area contributed by atoms with Gasteiger partial charge < -0.3 is 10.0 Å². The number of aliphatic carboxylic acids is 1. The Labute approximate surface area is 129 Å². The smallest absolute Gasteiger partial charge is 0.308 e. The summed E-state index contributed by atoms with van der Waals surface area (Å²) in [6.07, 6.45) is 2.47. The van der Waals surface area contributed by atoms with Crippen molar-refractivity contribution in [3.8, 4) is 0 Å². The standard InChI is InChI=1S/C16H21NO3S/c1-12(16(19)20)11-17(13-7-8-13)15(18)9-10-21-14-5-3-2-4-6-14/h2-6,12-13H,7-11H2,1H3,(H,19,20). The Morgan fingerprint density at radius 3 is 2.57 bits per heavy atom. The van der Waals surface area contributed by atoms with Crippen LogP contribution in [0.25, 0.3) is 0 Å². The Bertz CT molecular complexity index is 488. The van der Waals surface area contributed by atoms with E-state index < -0.39 is 11.9 Å². The topological polar surface area (TPSA) is 57.6 Å². The quantitative estimate of drug-likeness (QED) is 0.750. The van der Waals surface area contributed by atoms with Crippen LogP contribution in [0.5, 0.6) is 0 Å². The van der Waals surface area contributed by atoms with Crippen molar-refractivity contribution in [1.82, 2.24) is 4.90 Å². The summed E-state index contributed by atoms with van der Waals surface area (Å²) < 4.78 is 0. The van der Waals surface area contributed by atoms with Crippen molar-refractivity contribution < 1.29 is 14.7 Å². The summed E-state index contributed by atoms with van der Waals surface area (Å²) in [6, 6.07) is 10.3. The van der Waals surface area contributed by atoms with E-state index in [2.05, 4.69) is 0 Å². The van der Waals surface area contributed by atoms with E-state index in [1.165, 1.54) is 0 Å². The molecule has 0 aromatic heterocycles. The molecule has 0 bridgehead atoms. The first-order valence-corrected chi connectivity index (χ1v) is 8.26. The first-order valence-electron chi connectivity index (χ1n) is 7.28. The molecular weight excluding hydrogens is 286 g/mol. The summed E-state index contributed by atoms with van der Waals surface area (Å²) in [5.41, 5.74) is 0. The Balaban J connectivity index is 1.80. The zero-order valence-corrected chi connectivity index (χ0v) is 13.0. The van der Waals surface area contributed by atoms with Gasteiger partial charge in [-0.15, -0.1) is 11.8 Å². The van der Waals surface area contributed by atoms with Crippen molar-refractivity contribution in [2.45, 2.75) is 37.1 Å². The minimum Gasteiger partial charge on any atom is -0.481 e. The van der Waals surface area contributed by atoms with Crippen molar-refractivity contribution >= 4 is 23.6 Å². The molecule has 0 aliphatic heterocycles. The van der Waals surface area contributed by atoms with E-state index in [-0.39, 0.29) is 11.9 Å². The van der Waals surface area contributed by atoms with Gasteiger partial charge in [-0.25, -0.2) is 0 Å². The van der Waals surface area contributed by atoms with Gasteiger partial charge in [0.15, 0.2) is 0 Å². The van der Waals surface area contributed by atoms with Crippen LogP contribution in [0.3, 0.4) is 0 Å². The zero-order valence-electron chi connectivity index (χ0n) is 12.2. The van der Waals surface area contributed by atoms with Crippen LogP contribution in [0.2, 0.25) is 0 Å². The van der Waals surface area contributed by atoms with Crippen LogP contribution in [0.1, 0.15) is 26.2 Å². The monoisotopic (exact) mass is 307 g/mol. The molecule has 1 aromatic carbocycles. The third kappa shape index (κ3) is 5.08. The summed E-state index contributed by atoms with van der Waals surface area (Å²) in [6.45, 7) is 1.98. The molecule has 0 spiro atoms. The van der Waals surface area contributed by atoms with E-state index in [4.69, 9.17) is 5.11 Å². The Morgan fingerprint density at radius 1 is 1.33 bits per heavy atom. The van der Waals surface area contributed by atoms with Gasteiger partial charge in [-0.1, -0.05) is 25.1 Å². The molecule has 0 saturated heterocycles. The van der Waals surface area contributed by atoms with Gasteiger partial charge in [-0.05, 0) is 25.0 Å². The molecule has 2 rings (SSSR count). The van der Waals surface area contributed by atoms with Crippen LogP contribution >= 0.6 is 11.8 Å². The molecule has 5 heteroatoms. The van der Waals surface area contributed by atoms with Gasteiger partial charge in [-0.3, -0.25) is 9.59 Å². The number of thioether (sulfide) groups is 1. The number of nitrogens with zero attached hydrogens (tertiary/aromatic N) is 1. The predicted molar refractivity (Wildman–Crippen MR) is 83.3 cm³/mol. The second-order valence-electron chi connectivity index (χ2n) is 5.43. The van der Waals surface area contributed by atoms with E-state index in [1.807, 2.05) is 30.3 Å². The fourth-order valence-electron chi connectivity index (χ4n) is 2.13. The third-order valence-electron chi connectivity index (χ3n) is 3.53. The molecule has 1 N–H and O–H groups in total. The number of carbonyl (C=O) groups excluding carboxylic acids is 1. The van der Waals surface area contributed by atoms with Crippen LogP contribution in [0.15, 0.2) is 35.2 Å². The molecule has 4 nitrogen and oxygen atoms in total. The second kappa shape index (κ2) is 7.50. The van der Waals surface area contributed by atoms with Crippen LogP contribution in [0, 0.1) is 5.92 Å². The summed E-state index contributed by atoms with van der Waals surface area (Å²) in [7, 11) is 0. The van der Waals surface area contributed by atoms with Crippen molar-refractivity contribution in [2.24, 2.45) is 5.92 Å². The highest BCUT2D eigenvalue weighted by molar-refractivity contribution is 7.99. The summed E-state index contributed by atoms with van der Waals surface area (Å²) in [4.78, 5) is 26.2. The Hall–Kier alpha value is -1.49. The lowest BCUT2D eigenvalue weighted by atomic mass is 10.1. The molecule has 1 aliphatic rings. The number of hydrogen-bond donors (Lipinski definition) is 1. The van der Waals surface area contributed by atoms with Gasteiger partial charge in [0.1, 0.15) is 0 Å². The lowest BCUT2D eigenvalue weighted by Gasteiger charge is -2.24. The molecule has 0 heterocycles. The van der Waals surface area contributed by atoms with Crippen molar-refractivity contribution in [3.05, 3.63) is 30.3 Å². The fraction of sp³-hybridized carbons (Fsp3) is 0.500. The molecule has 114 valence electrons. The van der Waals surface area contributed by atoms with Gasteiger partial charge in [0.2, 0.25) is 5.91 Å². The van der Waals surface area contributed by atoms with Gasteiger partial charge >= 0.3 is 5.97 Å². The SMILES string of the molecule is CC(CN(C(=O)CCSc1ccccc1)C1CC1)C(=O)O. The first kappa shape index (κ1) is 15.9. The zero-order chi connectivity index (χ0) is 15.2. The van der Waals surface area contributed by atoms with E-state index in [1.54, 1.807) is 23.6 Å². The number of benzene rings is 1. The maximum absolute atomic E-state index is 12.3. The summed E-state index contributed by atoms with van der Waals surface area (Å²) in [5, 5.41) is 9.00. The lowest BCUT2D eigenvalue weighted by molar-refractivity contribution is -0.143. The molecular formula is C16H21NO3S. The molecule has 1 saturated carbocycles. The van der Waals surface area contributed by atoms with Crippen LogP contribution in [-0.2, 0) is 9.59 Å². The minimum absolute atomic E-state index is 0.0778. The van der Waals surface area contributed by atoms with E-state index in [9.17, 15) is 9.59 Å². The average Bonchev–Trinajstić information content (AvgIpc) is 3.29. The number of carbonyl (C=O) groups is 2. The van der Waals surface area contributed by atoms with Crippen molar-refractivity contribution in [1.29, 1.82) is 0 Å². The Kier molecular flexibility index (Phi) is 5.67. The van der Waals surface area contributed by atoms with Gasteiger partial charge in [0.05, 0.1) is 5.92 Å². The predicted octanol–water partition coefficient (Wildman–Crippen LogP) is 2.88. The Morgan fingerprint density at radius 2 is 2.00 bits per heavy atom. The number of carboxylic acids is 1. The number of amides is 1. The number of carboxylic acid groups (broad SMARTS) is 1. The van der Waals surface area contributed by atoms with Gasteiger partial charge in [0.25, 0.3) is 0 Å². The number of hydrogen-bond acceptors (Lipinski definition) is 3. The van der Waals surface area contributed by atoms with Crippen LogP contribution in [0.4, 0.5) is 0 Å². The molecule has 0 radical (unpaired) electrons. The fourth-order valence-corrected chi connectivity index (χ4v) is 2.99. The molecule has 1 fully saturated rings. The molecule has 21 heavy (non-hydrogen) atoms. The van der Waals surface area contributed by atoms with Gasteiger partial charge in [-0.2, -0.15) is 0 Å². The molecule has 1 unspecified atom stereocenters. The number of rotatable bonds is 8. The molecule has 1 aromatic rings. The van der Waals surface area contributed by atoms with Crippen molar-refractivity contribution in [3.63, 3.8) is 0 Å². The van der Waals surface area contributed by atoms with E-state index in [0.717, 1.165) is 23.5 Å². The maximum atomic E-state index is 12.3. The lowest BCUT2D eigenvalue weighted by Crippen LogP contribution is -2.38. The summed E-state index contributed by atoms with van der Waals surface area (Å²) in [5.74, 6) is -0.537. The summed E-state index contributed by atoms with van der Waals surface area (Å²) >= 11 is 1.66. The van der Waals surface area contributed by atoms with E-state index in [0.29, 0.717) is 13.0 Å². The average molecular weight is 307 g/mol. The highest BCUT2D eigenvalue weighted by Gasteiger charge is 2.34. The third-order valence-corrected chi connectivity index (χ3v) is 4.54. The molecule has 1 amide bonds. The van der Waals surface area contributed by atoms with Gasteiger partial charge in [0, 0.05) is 29.7 Å². The van der Waals surface area contributed by atoms with Crippen molar-refractivity contribution in [2.75, 3.05) is 12.3 Å². The van der Waals surface area contributed by atoms with Crippen LogP contribution in [-0.4, -0.2) is 40.2 Å². The largest absolute Gasteiger partial charge is 0.481 e. The first-order chi connectivity index (χ1) is 10.1. The molecule has 1 aliphatic carbocycles. The molecule has 1 atom stereocenters. The highest BCUT2D eigenvalue weighted by atomic mass is 32.2.